The van der Waals surface area contributed by atoms with Gasteiger partial charge in [-0.25, -0.2) is 0 Å². The van der Waals surface area contributed by atoms with Crippen molar-refractivity contribution in [3.05, 3.63) is 29.8 Å². The van der Waals surface area contributed by atoms with Crippen molar-refractivity contribution in [2.45, 2.75) is 13.2 Å². The summed E-state index contributed by atoms with van der Waals surface area (Å²) in [7, 11) is 0. The summed E-state index contributed by atoms with van der Waals surface area (Å²) < 4.78 is 5.13. The average molecular weight is 167 g/mol. The maximum Gasteiger partial charge on any atom is 0.135 e. The molecule has 1 aromatic carbocycles. The molecule has 0 heterocycles. The van der Waals surface area contributed by atoms with E-state index in [1.165, 1.54) is 0 Å². The van der Waals surface area contributed by atoms with Crippen LogP contribution in [0.25, 0.3) is 0 Å². The van der Waals surface area contributed by atoms with E-state index in [0.29, 0.717) is 12.2 Å². The first-order chi connectivity index (χ1) is 5.75. The van der Waals surface area contributed by atoms with Crippen LogP contribution in [0.15, 0.2) is 24.3 Å². The molecule has 0 aliphatic carbocycles. The molecule has 3 nitrogen and oxygen atoms in total. The van der Waals surface area contributed by atoms with E-state index in [1.54, 1.807) is 18.2 Å². The predicted octanol–water partition coefficient (Wildman–Crippen LogP) is 1.39. The third-order valence-electron chi connectivity index (χ3n) is 1.59. The zero-order valence-corrected chi connectivity index (χ0v) is 7.03. The summed E-state index contributed by atoms with van der Waals surface area (Å²) in [6.45, 7) is 2.40. The summed E-state index contributed by atoms with van der Waals surface area (Å²) >= 11 is 0. The Morgan fingerprint density at radius 2 is 2.17 bits per heavy atom. The normalized spacial score (nSPS) is 12.8. The molecule has 0 saturated heterocycles. The second-order valence-corrected chi connectivity index (χ2v) is 2.43. The minimum absolute atomic E-state index is 0.179. The Balaban J connectivity index is 2.79. The monoisotopic (exact) mass is 167 g/mol. The van der Waals surface area contributed by atoms with Crippen LogP contribution in [0, 0.1) is 0 Å². The maximum absolute atomic E-state index is 9.35. The molecule has 0 aromatic heterocycles. The molecule has 0 bridgehead atoms. The molecule has 3 N–H and O–H groups in total. The lowest BCUT2D eigenvalue weighted by atomic mass is 10.2. The summed E-state index contributed by atoms with van der Waals surface area (Å²) in [6.07, 6.45) is -0.531. The highest BCUT2D eigenvalue weighted by atomic mass is 16.5. The van der Waals surface area contributed by atoms with Crippen LogP contribution in [-0.2, 0) is 4.74 Å². The molecule has 0 saturated carbocycles. The molecule has 0 amide bonds. The largest absolute Gasteiger partial charge is 0.508 e. The maximum atomic E-state index is 9.35. The fraction of sp³-hybridized carbons (Fsp3) is 0.333. The third-order valence-corrected chi connectivity index (χ3v) is 1.59. The van der Waals surface area contributed by atoms with Gasteiger partial charge in [-0.3, -0.25) is 0 Å². The molecule has 1 aromatic rings. The molecule has 0 aliphatic rings. The molecule has 0 fully saturated rings. The quantitative estimate of drug-likeness (QED) is 0.669. The SMILES string of the molecule is CCOC(N)c1ccccc1O. The number of rotatable bonds is 3. The van der Waals surface area contributed by atoms with Crippen molar-refractivity contribution >= 4 is 0 Å². The van der Waals surface area contributed by atoms with Crippen molar-refractivity contribution in [1.29, 1.82) is 0 Å². The molecule has 0 aliphatic heterocycles. The molecule has 66 valence electrons. The minimum Gasteiger partial charge on any atom is -0.508 e. The molecule has 1 rings (SSSR count). The van der Waals surface area contributed by atoms with Gasteiger partial charge < -0.3 is 15.6 Å². The van der Waals surface area contributed by atoms with Gasteiger partial charge >= 0.3 is 0 Å². The highest BCUT2D eigenvalue weighted by molar-refractivity contribution is 5.33. The number of hydrogen-bond donors (Lipinski definition) is 2. The second-order valence-electron chi connectivity index (χ2n) is 2.43. The Hall–Kier alpha value is -1.06. The number of nitrogens with two attached hydrogens (primary N) is 1. The molecular formula is C9H13NO2. The fourth-order valence-corrected chi connectivity index (χ4v) is 0.997. The molecule has 1 atom stereocenters. The number of benzene rings is 1. The van der Waals surface area contributed by atoms with Gasteiger partial charge in [0, 0.05) is 12.2 Å². The molecule has 12 heavy (non-hydrogen) atoms. The highest BCUT2D eigenvalue weighted by Gasteiger charge is 2.08. The Kier molecular flexibility index (Phi) is 3.08. The standard InChI is InChI=1S/C9H13NO2/c1-2-12-9(10)7-5-3-4-6-8(7)11/h3-6,9,11H,2,10H2,1H3. The molecule has 1 unspecified atom stereocenters. The average Bonchev–Trinajstić information content (AvgIpc) is 2.05. The summed E-state index contributed by atoms with van der Waals surface area (Å²) in [5.41, 5.74) is 6.25. The van der Waals surface area contributed by atoms with Gasteiger partial charge in [0.25, 0.3) is 0 Å². The van der Waals surface area contributed by atoms with Crippen LogP contribution < -0.4 is 5.73 Å². The summed E-state index contributed by atoms with van der Waals surface area (Å²) in [5.74, 6) is 0.179. The molecule has 0 spiro atoms. The van der Waals surface area contributed by atoms with Crippen molar-refractivity contribution in [3.8, 4) is 5.75 Å². The van der Waals surface area contributed by atoms with Gasteiger partial charge in [0.15, 0.2) is 0 Å². The van der Waals surface area contributed by atoms with Gasteiger partial charge in [-0.05, 0) is 13.0 Å². The van der Waals surface area contributed by atoms with Gasteiger partial charge in [0.1, 0.15) is 12.0 Å². The lowest BCUT2D eigenvalue weighted by Gasteiger charge is -2.12. The lowest BCUT2D eigenvalue weighted by molar-refractivity contribution is 0.0657. The Morgan fingerprint density at radius 3 is 2.75 bits per heavy atom. The Labute approximate surface area is 71.8 Å². The van der Waals surface area contributed by atoms with E-state index < -0.39 is 6.23 Å². The first-order valence-electron chi connectivity index (χ1n) is 3.90. The number of ether oxygens (including phenoxy) is 1. The first-order valence-corrected chi connectivity index (χ1v) is 3.90. The van der Waals surface area contributed by atoms with Crippen LogP contribution in [0.4, 0.5) is 0 Å². The first kappa shape index (κ1) is 9.03. The van der Waals surface area contributed by atoms with Crippen molar-refractivity contribution < 1.29 is 9.84 Å². The predicted molar refractivity (Wildman–Crippen MR) is 46.7 cm³/mol. The van der Waals surface area contributed by atoms with Crippen molar-refractivity contribution in [2.75, 3.05) is 6.61 Å². The second kappa shape index (κ2) is 4.09. The van der Waals surface area contributed by atoms with Crippen LogP contribution in [-0.4, -0.2) is 11.7 Å². The third kappa shape index (κ3) is 1.96. The van der Waals surface area contributed by atoms with Gasteiger partial charge in [-0.1, -0.05) is 18.2 Å². The molecular weight excluding hydrogens is 154 g/mol. The van der Waals surface area contributed by atoms with Crippen LogP contribution in [0.2, 0.25) is 0 Å². The van der Waals surface area contributed by atoms with Gasteiger partial charge in [0.2, 0.25) is 0 Å². The van der Waals surface area contributed by atoms with E-state index in [-0.39, 0.29) is 5.75 Å². The lowest BCUT2D eigenvalue weighted by Crippen LogP contribution is -2.14. The van der Waals surface area contributed by atoms with Crippen LogP contribution in [0.3, 0.4) is 0 Å². The van der Waals surface area contributed by atoms with Gasteiger partial charge in [-0.2, -0.15) is 0 Å². The number of aromatic hydroxyl groups is 1. The van der Waals surface area contributed by atoms with E-state index in [0.717, 1.165) is 0 Å². The van der Waals surface area contributed by atoms with E-state index in [2.05, 4.69) is 0 Å². The Bertz CT molecular complexity index is 250. The molecule has 0 radical (unpaired) electrons. The van der Waals surface area contributed by atoms with Crippen LogP contribution in [0.1, 0.15) is 18.7 Å². The number of phenols is 1. The zero-order valence-electron chi connectivity index (χ0n) is 7.03. The van der Waals surface area contributed by atoms with Crippen molar-refractivity contribution in [2.24, 2.45) is 5.73 Å². The van der Waals surface area contributed by atoms with Gasteiger partial charge in [-0.15, -0.1) is 0 Å². The minimum atomic E-state index is -0.531. The topological polar surface area (TPSA) is 55.5 Å². The van der Waals surface area contributed by atoms with E-state index in [1.807, 2.05) is 13.0 Å². The zero-order chi connectivity index (χ0) is 8.97. The number of para-hydroxylation sites is 1. The molecule has 3 heteroatoms. The fourth-order valence-electron chi connectivity index (χ4n) is 0.997. The van der Waals surface area contributed by atoms with Gasteiger partial charge in [0.05, 0.1) is 0 Å². The Morgan fingerprint density at radius 1 is 1.50 bits per heavy atom. The highest BCUT2D eigenvalue weighted by Crippen LogP contribution is 2.22. The van der Waals surface area contributed by atoms with Crippen molar-refractivity contribution in [3.63, 3.8) is 0 Å². The summed E-state index contributed by atoms with van der Waals surface area (Å²) in [5, 5.41) is 9.35. The smallest absolute Gasteiger partial charge is 0.135 e. The van der Waals surface area contributed by atoms with E-state index >= 15 is 0 Å². The summed E-state index contributed by atoms with van der Waals surface area (Å²) in [4.78, 5) is 0. The summed E-state index contributed by atoms with van der Waals surface area (Å²) in [6, 6.07) is 6.90. The van der Waals surface area contributed by atoms with E-state index in [9.17, 15) is 5.11 Å². The van der Waals surface area contributed by atoms with Crippen molar-refractivity contribution in [1.82, 2.24) is 0 Å². The number of hydrogen-bond acceptors (Lipinski definition) is 3. The van der Waals surface area contributed by atoms with E-state index in [4.69, 9.17) is 10.5 Å². The van der Waals surface area contributed by atoms with Crippen LogP contribution in [0.5, 0.6) is 5.75 Å². The number of phenolic OH excluding ortho intramolecular Hbond substituents is 1. The van der Waals surface area contributed by atoms with Crippen LogP contribution >= 0.6 is 0 Å².